The minimum absolute atomic E-state index is 0.0606. The van der Waals surface area contributed by atoms with Crippen molar-refractivity contribution in [2.24, 2.45) is 5.73 Å². The molecule has 1 aromatic heterocycles. The molecule has 0 aliphatic heterocycles. The maximum absolute atomic E-state index is 10.7. The highest BCUT2D eigenvalue weighted by atomic mass is 16.5. The van der Waals surface area contributed by atoms with E-state index in [-0.39, 0.29) is 12.3 Å². The Morgan fingerprint density at radius 1 is 0.878 bits per heavy atom. The number of nitrogens with two attached hydrogens (primary N) is 1. The number of aromatic nitrogens is 1. The fourth-order valence-corrected chi connectivity index (χ4v) is 4.46. The van der Waals surface area contributed by atoms with Crippen molar-refractivity contribution in [1.29, 1.82) is 5.41 Å². The summed E-state index contributed by atoms with van der Waals surface area (Å²) in [5.41, 5.74) is 12.6. The molecule has 212 valence electrons. The molecule has 0 aliphatic carbocycles. The van der Waals surface area contributed by atoms with Crippen LogP contribution >= 0.6 is 0 Å². The molecule has 1 heterocycles. The molecular formula is C33H37N5O3. The highest BCUT2D eigenvalue weighted by Gasteiger charge is 2.12. The third kappa shape index (κ3) is 9.19. The van der Waals surface area contributed by atoms with Crippen LogP contribution in [-0.4, -0.2) is 28.4 Å². The van der Waals surface area contributed by atoms with E-state index in [1.165, 1.54) is 0 Å². The number of hydrogen-bond donors (Lipinski definition) is 5. The van der Waals surface area contributed by atoms with Crippen molar-refractivity contribution in [3.8, 4) is 16.9 Å². The van der Waals surface area contributed by atoms with Crippen molar-refractivity contribution in [3.05, 3.63) is 114 Å². The van der Waals surface area contributed by atoms with E-state index in [9.17, 15) is 4.79 Å². The van der Waals surface area contributed by atoms with Gasteiger partial charge in [0.25, 0.3) is 0 Å². The maximum Gasteiger partial charge on any atom is 0.303 e. The van der Waals surface area contributed by atoms with E-state index in [2.05, 4.69) is 27.8 Å². The fraction of sp³-hybridized carbons (Fsp3) is 0.242. The van der Waals surface area contributed by atoms with E-state index in [0.29, 0.717) is 31.7 Å². The first kappa shape index (κ1) is 29.3. The number of unbranched alkanes of at least 4 members (excludes halogenated alkanes) is 2. The van der Waals surface area contributed by atoms with Crippen molar-refractivity contribution in [2.45, 2.75) is 45.4 Å². The molecule has 4 rings (SSSR count). The summed E-state index contributed by atoms with van der Waals surface area (Å²) in [5.74, 6) is 0.0615. The zero-order valence-electron chi connectivity index (χ0n) is 23.1. The number of pyridine rings is 1. The predicted octanol–water partition coefficient (Wildman–Crippen LogP) is 5.96. The van der Waals surface area contributed by atoms with Crippen LogP contribution in [0.15, 0.2) is 91.3 Å². The summed E-state index contributed by atoms with van der Waals surface area (Å²) in [6.45, 7) is 2.45. The minimum atomic E-state index is -0.745. The second-order valence-corrected chi connectivity index (χ2v) is 9.85. The molecule has 8 heteroatoms. The van der Waals surface area contributed by atoms with Gasteiger partial charge in [0.2, 0.25) is 0 Å². The molecule has 0 atom stereocenters. The van der Waals surface area contributed by atoms with Crippen LogP contribution in [0.2, 0.25) is 0 Å². The lowest BCUT2D eigenvalue weighted by Gasteiger charge is -2.17. The topological polar surface area (TPSA) is 133 Å². The molecule has 0 bridgehead atoms. The van der Waals surface area contributed by atoms with Crippen LogP contribution in [0.5, 0.6) is 5.75 Å². The Kier molecular flexibility index (Phi) is 10.9. The summed E-state index contributed by atoms with van der Waals surface area (Å²) < 4.78 is 6.21. The molecule has 0 aliphatic rings. The number of hydrogen-bond acceptors (Lipinski definition) is 6. The number of nitrogens with one attached hydrogen (secondary N) is 3. The number of anilines is 1. The van der Waals surface area contributed by atoms with Crippen LogP contribution < -0.4 is 21.1 Å². The van der Waals surface area contributed by atoms with E-state index in [1.807, 2.05) is 72.9 Å². The Morgan fingerprint density at radius 2 is 1.59 bits per heavy atom. The summed E-state index contributed by atoms with van der Waals surface area (Å²) in [6, 6.07) is 25.9. The summed E-state index contributed by atoms with van der Waals surface area (Å²) in [6.07, 6.45) is 6.33. The molecule has 4 aromatic rings. The van der Waals surface area contributed by atoms with Gasteiger partial charge in [-0.1, -0.05) is 73.2 Å². The average Bonchev–Trinajstić information content (AvgIpc) is 2.99. The molecule has 41 heavy (non-hydrogen) atoms. The Hall–Kier alpha value is -4.69. The number of aliphatic carboxylic acids is 1. The van der Waals surface area contributed by atoms with Crippen molar-refractivity contribution in [2.75, 3.05) is 11.9 Å². The Bertz CT molecular complexity index is 1410. The van der Waals surface area contributed by atoms with Gasteiger partial charge in [0.15, 0.2) is 0 Å². The minimum Gasteiger partial charge on any atom is -0.487 e. The van der Waals surface area contributed by atoms with Crippen LogP contribution in [0.25, 0.3) is 11.1 Å². The second-order valence-electron chi connectivity index (χ2n) is 9.85. The molecule has 3 aromatic carbocycles. The standard InChI is InChI=1S/C33H37N5O3/c34-33(35)27-12-10-25(11-13-27)26-14-16-29(17-15-26)38-20-28-19-37-22-31(41-23-24-7-3-1-4-8-24)30(28)21-36-18-6-2-5-9-32(39)40/h1,3-4,7-8,10-17,19,22,36,38H,2,5-6,9,18,20-21,23H2,(H3,34,35)(H,39,40). The molecular weight excluding hydrogens is 514 g/mol. The lowest BCUT2D eigenvalue weighted by molar-refractivity contribution is -0.137. The average molecular weight is 552 g/mol. The molecule has 8 nitrogen and oxygen atoms in total. The first-order chi connectivity index (χ1) is 20.0. The monoisotopic (exact) mass is 551 g/mol. The van der Waals surface area contributed by atoms with E-state index < -0.39 is 5.97 Å². The number of benzene rings is 3. The quantitative estimate of drug-likeness (QED) is 0.0659. The number of amidine groups is 1. The lowest BCUT2D eigenvalue weighted by atomic mass is 10.0. The first-order valence-electron chi connectivity index (χ1n) is 13.8. The maximum atomic E-state index is 10.7. The van der Waals surface area contributed by atoms with Gasteiger partial charge in [0.05, 0.1) is 6.20 Å². The van der Waals surface area contributed by atoms with Gasteiger partial charge in [-0.2, -0.15) is 0 Å². The largest absolute Gasteiger partial charge is 0.487 e. The van der Waals surface area contributed by atoms with Crippen LogP contribution in [0.4, 0.5) is 5.69 Å². The Balaban J connectivity index is 1.40. The van der Waals surface area contributed by atoms with Crippen molar-refractivity contribution in [3.63, 3.8) is 0 Å². The van der Waals surface area contributed by atoms with Gasteiger partial charge in [-0.05, 0) is 53.8 Å². The second kappa shape index (κ2) is 15.2. The first-order valence-corrected chi connectivity index (χ1v) is 13.8. The number of ether oxygens (including phenoxy) is 1. The van der Waals surface area contributed by atoms with Crippen molar-refractivity contribution >= 4 is 17.5 Å². The summed E-state index contributed by atoms with van der Waals surface area (Å²) in [4.78, 5) is 15.2. The van der Waals surface area contributed by atoms with Crippen molar-refractivity contribution < 1.29 is 14.6 Å². The van der Waals surface area contributed by atoms with Crippen LogP contribution in [0, 0.1) is 5.41 Å². The third-order valence-corrected chi connectivity index (χ3v) is 6.79. The lowest BCUT2D eigenvalue weighted by Crippen LogP contribution is -2.18. The smallest absolute Gasteiger partial charge is 0.303 e. The van der Waals surface area contributed by atoms with Gasteiger partial charge >= 0.3 is 5.97 Å². The number of nitrogens with zero attached hydrogens (tertiary/aromatic N) is 1. The van der Waals surface area contributed by atoms with Gasteiger partial charge in [0, 0.05) is 42.5 Å². The zero-order chi connectivity index (χ0) is 28.9. The van der Waals surface area contributed by atoms with Crippen molar-refractivity contribution in [1.82, 2.24) is 10.3 Å². The zero-order valence-corrected chi connectivity index (χ0v) is 23.1. The van der Waals surface area contributed by atoms with Gasteiger partial charge in [-0.3, -0.25) is 15.2 Å². The van der Waals surface area contributed by atoms with E-state index in [0.717, 1.165) is 58.6 Å². The molecule has 0 amide bonds. The van der Waals surface area contributed by atoms with Crippen LogP contribution in [-0.2, 0) is 24.5 Å². The molecule has 0 spiro atoms. The summed E-state index contributed by atoms with van der Waals surface area (Å²) in [5, 5.41) is 23.4. The molecule has 0 saturated heterocycles. The number of carboxylic acid groups (broad SMARTS) is 1. The number of carbonyl (C=O) groups is 1. The predicted molar refractivity (Wildman–Crippen MR) is 163 cm³/mol. The number of nitrogen functional groups attached to an aromatic ring is 1. The SMILES string of the molecule is N=C(N)c1ccc(-c2ccc(NCc3cncc(OCc4ccccc4)c3CNCCCCCC(=O)O)cc2)cc1. The third-order valence-electron chi connectivity index (χ3n) is 6.79. The number of rotatable bonds is 16. The Morgan fingerprint density at radius 3 is 2.27 bits per heavy atom. The van der Waals surface area contributed by atoms with E-state index in [4.69, 9.17) is 21.0 Å². The fourth-order valence-electron chi connectivity index (χ4n) is 4.46. The molecule has 0 unspecified atom stereocenters. The highest BCUT2D eigenvalue weighted by Crippen LogP contribution is 2.25. The van der Waals surface area contributed by atoms with Gasteiger partial charge in [0.1, 0.15) is 18.2 Å². The summed E-state index contributed by atoms with van der Waals surface area (Å²) in [7, 11) is 0. The normalized spacial score (nSPS) is 10.7. The molecule has 0 radical (unpaired) electrons. The van der Waals surface area contributed by atoms with Gasteiger partial charge in [-0.15, -0.1) is 0 Å². The molecule has 0 fully saturated rings. The van der Waals surface area contributed by atoms with Crippen LogP contribution in [0.3, 0.4) is 0 Å². The van der Waals surface area contributed by atoms with Gasteiger partial charge < -0.3 is 26.2 Å². The van der Waals surface area contributed by atoms with E-state index in [1.54, 1.807) is 6.20 Å². The number of carboxylic acids is 1. The van der Waals surface area contributed by atoms with Crippen LogP contribution in [0.1, 0.15) is 47.9 Å². The molecule has 6 N–H and O–H groups in total. The summed E-state index contributed by atoms with van der Waals surface area (Å²) >= 11 is 0. The highest BCUT2D eigenvalue weighted by molar-refractivity contribution is 5.95. The van der Waals surface area contributed by atoms with E-state index >= 15 is 0 Å². The molecule has 0 saturated carbocycles. The van der Waals surface area contributed by atoms with Gasteiger partial charge in [-0.25, -0.2) is 0 Å². The Labute approximate surface area is 241 Å².